The Kier molecular flexibility index (Phi) is 6.77. The fourth-order valence-electron chi connectivity index (χ4n) is 3.66. The highest BCUT2D eigenvalue weighted by atomic mass is 19.4. The van der Waals surface area contributed by atoms with Gasteiger partial charge in [-0.2, -0.15) is 13.2 Å². The third kappa shape index (κ3) is 5.71. The summed E-state index contributed by atoms with van der Waals surface area (Å²) in [5, 5.41) is 14.1. The van der Waals surface area contributed by atoms with E-state index in [1.807, 2.05) is 0 Å². The summed E-state index contributed by atoms with van der Waals surface area (Å²) in [4.78, 5) is 24.5. The molecule has 31 heavy (non-hydrogen) atoms. The van der Waals surface area contributed by atoms with Crippen LogP contribution < -0.4 is 10.2 Å². The smallest absolute Gasteiger partial charge is 0.366 e. The number of piperidine rings is 1. The van der Waals surface area contributed by atoms with E-state index >= 15 is 0 Å². The highest BCUT2D eigenvalue weighted by Crippen LogP contribution is 2.37. The highest BCUT2D eigenvalue weighted by molar-refractivity contribution is 5.79. The number of amides is 1. The summed E-state index contributed by atoms with van der Waals surface area (Å²) in [6.45, 7) is 0.981. The first-order valence-electron chi connectivity index (χ1n) is 9.78. The van der Waals surface area contributed by atoms with E-state index in [0.717, 1.165) is 17.7 Å². The maximum Gasteiger partial charge on any atom is 0.416 e. The molecular formula is C21H21F4N3O3. The minimum absolute atomic E-state index is 0.114. The van der Waals surface area contributed by atoms with Gasteiger partial charge in [-0.15, -0.1) is 0 Å². The van der Waals surface area contributed by atoms with E-state index in [9.17, 15) is 32.5 Å². The number of benzene rings is 2. The van der Waals surface area contributed by atoms with Crippen LogP contribution in [0.3, 0.4) is 0 Å². The monoisotopic (exact) mass is 439 g/mol. The molecule has 1 fully saturated rings. The van der Waals surface area contributed by atoms with Gasteiger partial charge in [-0.25, -0.2) is 4.39 Å². The first-order chi connectivity index (χ1) is 14.6. The zero-order chi connectivity index (χ0) is 22.6. The van der Waals surface area contributed by atoms with Gasteiger partial charge in [0.15, 0.2) is 0 Å². The summed E-state index contributed by atoms with van der Waals surface area (Å²) in [7, 11) is 0. The molecule has 0 saturated carbocycles. The first kappa shape index (κ1) is 22.5. The number of carbonyl (C=O) groups is 1. The average molecular weight is 439 g/mol. The van der Waals surface area contributed by atoms with Crippen LogP contribution in [0.1, 0.15) is 24.0 Å². The molecule has 10 heteroatoms. The lowest BCUT2D eigenvalue weighted by Crippen LogP contribution is -2.41. The van der Waals surface area contributed by atoms with Gasteiger partial charge >= 0.3 is 6.18 Å². The Labute approximate surface area is 176 Å². The number of hydrogen-bond donors (Lipinski definition) is 1. The van der Waals surface area contributed by atoms with Gasteiger partial charge in [0.1, 0.15) is 11.5 Å². The second-order valence-corrected chi connectivity index (χ2v) is 7.39. The Balaban J connectivity index is 1.56. The molecule has 6 nitrogen and oxygen atoms in total. The fraction of sp³-hybridized carbons (Fsp3) is 0.381. The normalized spacial score (nSPS) is 15.0. The minimum Gasteiger partial charge on any atom is -0.366 e. The Bertz CT molecular complexity index is 957. The van der Waals surface area contributed by atoms with Crippen molar-refractivity contribution in [2.75, 3.05) is 24.5 Å². The summed E-state index contributed by atoms with van der Waals surface area (Å²) in [5.41, 5.74) is -0.795. The van der Waals surface area contributed by atoms with Crippen molar-refractivity contribution < 1.29 is 27.3 Å². The Hall–Kier alpha value is -3.17. The third-order valence-electron chi connectivity index (χ3n) is 5.31. The van der Waals surface area contributed by atoms with Gasteiger partial charge < -0.3 is 10.2 Å². The first-order valence-corrected chi connectivity index (χ1v) is 9.78. The van der Waals surface area contributed by atoms with E-state index in [1.54, 1.807) is 17.0 Å². The topological polar surface area (TPSA) is 75.5 Å². The van der Waals surface area contributed by atoms with Crippen molar-refractivity contribution in [3.63, 3.8) is 0 Å². The molecule has 1 heterocycles. The van der Waals surface area contributed by atoms with Gasteiger partial charge in [-0.1, -0.05) is 12.1 Å². The molecule has 1 aliphatic rings. The maximum absolute atomic E-state index is 13.2. The summed E-state index contributed by atoms with van der Waals surface area (Å²) in [6, 6.07) is 8.60. The van der Waals surface area contributed by atoms with Crippen molar-refractivity contribution >= 4 is 17.3 Å². The van der Waals surface area contributed by atoms with Crippen molar-refractivity contribution in [1.82, 2.24) is 5.32 Å². The van der Waals surface area contributed by atoms with Crippen molar-refractivity contribution in [1.29, 1.82) is 0 Å². The zero-order valence-corrected chi connectivity index (χ0v) is 16.5. The molecule has 3 rings (SSSR count). The number of rotatable bonds is 6. The lowest BCUT2D eigenvalue weighted by molar-refractivity contribution is -0.384. The number of nitrogens with one attached hydrogen (secondary N) is 1. The van der Waals surface area contributed by atoms with Crippen LogP contribution in [0.25, 0.3) is 0 Å². The second-order valence-electron chi connectivity index (χ2n) is 7.39. The molecule has 166 valence electrons. The predicted octanol–water partition coefficient (Wildman–Crippen LogP) is 4.33. The van der Waals surface area contributed by atoms with Gasteiger partial charge in [0.2, 0.25) is 5.91 Å². The third-order valence-corrected chi connectivity index (χ3v) is 5.31. The molecule has 0 radical (unpaired) electrons. The average Bonchev–Trinajstić information content (AvgIpc) is 2.72. The maximum atomic E-state index is 13.2. The SMILES string of the molecule is O=C(NCCc1cccc(F)c1)C1CCN(c2ccc(C(F)(F)F)cc2[N+](=O)[O-])CC1. The standard InChI is InChI=1S/C21H21F4N3O3/c22-17-3-1-2-14(12-17)6-9-26-20(29)15-7-10-27(11-8-15)18-5-4-16(21(23,24)25)13-19(18)28(30)31/h1-5,12-13,15H,6-11H2,(H,26,29). The number of nitrogens with zero attached hydrogens (tertiary/aromatic N) is 2. The van der Waals surface area contributed by atoms with Gasteiger partial charge in [0.05, 0.1) is 10.5 Å². The van der Waals surface area contributed by atoms with Crippen LogP contribution in [-0.2, 0) is 17.4 Å². The van der Waals surface area contributed by atoms with Crippen LogP contribution in [0.2, 0.25) is 0 Å². The molecule has 0 aliphatic carbocycles. The predicted molar refractivity (Wildman–Crippen MR) is 106 cm³/mol. The van der Waals surface area contributed by atoms with E-state index in [0.29, 0.717) is 45.0 Å². The molecule has 2 aromatic rings. The number of anilines is 1. The Morgan fingerprint density at radius 3 is 2.48 bits per heavy atom. The van der Waals surface area contributed by atoms with Crippen molar-refractivity contribution in [2.45, 2.75) is 25.4 Å². The summed E-state index contributed by atoms with van der Waals surface area (Å²) < 4.78 is 51.8. The molecule has 1 aliphatic heterocycles. The molecule has 0 bridgehead atoms. The van der Waals surface area contributed by atoms with E-state index in [1.165, 1.54) is 12.1 Å². The van der Waals surface area contributed by atoms with Crippen molar-refractivity contribution in [2.24, 2.45) is 5.92 Å². The number of carbonyl (C=O) groups excluding carboxylic acids is 1. The molecule has 0 aromatic heterocycles. The molecule has 0 spiro atoms. The zero-order valence-electron chi connectivity index (χ0n) is 16.5. The highest BCUT2D eigenvalue weighted by Gasteiger charge is 2.34. The molecule has 1 saturated heterocycles. The van der Waals surface area contributed by atoms with Crippen LogP contribution in [0.4, 0.5) is 28.9 Å². The fourth-order valence-corrected chi connectivity index (χ4v) is 3.66. The summed E-state index contributed by atoms with van der Waals surface area (Å²) in [6.07, 6.45) is -3.34. The van der Waals surface area contributed by atoms with Crippen LogP contribution in [0, 0.1) is 21.8 Å². The number of alkyl halides is 3. The number of nitro groups is 1. The van der Waals surface area contributed by atoms with E-state index in [4.69, 9.17) is 0 Å². The van der Waals surface area contributed by atoms with Crippen molar-refractivity contribution in [3.05, 3.63) is 69.5 Å². The molecule has 2 aromatic carbocycles. The van der Waals surface area contributed by atoms with Gasteiger partial charge in [0, 0.05) is 31.6 Å². The van der Waals surface area contributed by atoms with Crippen LogP contribution in [0.15, 0.2) is 42.5 Å². The van der Waals surface area contributed by atoms with E-state index < -0.39 is 22.4 Å². The molecule has 1 amide bonds. The number of nitro benzene ring substituents is 1. The molecule has 1 N–H and O–H groups in total. The summed E-state index contributed by atoms with van der Waals surface area (Å²) in [5.74, 6) is -0.788. The molecule has 0 atom stereocenters. The van der Waals surface area contributed by atoms with Crippen LogP contribution in [0.5, 0.6) is 0 Å². The largest absolute Gasteiger partial charge is 0.416 e. The van der Waals surface area contributed by atoms with E-state index in [2.05, 4.69) is 5.32 Å². The summed E-state index contributed by atoms with van der Waals surface area (Å²) >= 11 is 0. The molecular weight excluding hydrogens is 418 g/mol. The van der Waals surface area contributed by atoms with Crippen LogP contribution in [-0.4, -0.2) is 30.5 Å². The second kappa shape index (κ2) is 9.32. The minimum atomic E-state index is -4.67. The quantitative estimate of drug-likeness (QED) is 0.413. The lowest BCUT2D eigenvalue weighted by Gasteiger charge is -2.32. The van der Waals surface area contributed by atoms with Crippen molar-refractivity contribution in [3.8, 4) is 0 Å². The lowest BCUT2D eigenvalue weighted by atomic mass is 9.95. The van der Waals surface area contributed by atoms with Crippen LogP contribution >= 0.6 is 0 Å². The Morgan fingerprint density at radius 1 is 1.16 bits per heavy atom. The van der Waals surface area contributed by atoms with Gasteiger partial charge in [-0.05, 0) is 49.1 Å². The van der Waals surface area contributed by atoms with E-state index in [-0.39, 0.29) is 23.3 Å². The Morgan fingerprint density at radius 2 is 1.87 bits per heavy atom. The van der Waals surface area contributed by atoms with Gasteiger partial charge in [0.25, 0.3) is 5.69 Å². The van der Waals surface area contributed by atoms with Gasteiger partial charge in [-0.3, -0.25) is 14.9 Å². The number of hydrogen-bond acceptors (Lipinski definition) is 4. The number of halogens is 4. The molecule has 0 unspecified atom stereocenters.